The number of amides is 3. The van der Waals surface area contributed by atoms with Crippen LogP contribution in [0, 0.1) is 5.92 Å². The van der Waals surface area contributed by atoms with Crippen LogP contribution in [0.4, 0.5) is 4.79 Å². The average Bonchev–Trinajstić information content (AvgIpc) is 2.32. The number of carboxylic acids is 1. The maximum Gasteiger partial charge on any atom is 0.312 e. The monoisotopic (exact) mass is 291 g/mol. The van der Waals surface area contributed by atoms with Crippen LogP contribution in [0.1, 0.15) is 13.3 Å². The summed E-state index contributed by atoms with van der Waals surface area (Å²) in [7, 11) is 1.51. The Labute approximate surface area is 116 Å². The minimum Gasteiger partial charge on any atom is -0.481 e. The molecule has 4 N–H and O–H groups in total. The predicted octanol–water partition coefficient (Wildman–Crippen LogP) is -0.0445. The SMILES string of the molecule is CSCCC(NC(N)=O)C(=O)N(C)CC(C)C(=O)O. The van der Waals surface area contributed by atoms with Crippen molar-refractivity contribution >= 4 is 29.7 Å². The fraction of sp³-hybridized carbons (Fsp3) is 0.727. The van der Waals surface area contributed by atoms with Crippen molar-refractivity contribution in [2.75, 3.05) is 25.6 Å². The number of rotatable bonds is 8. The molecule has 8 heteroatoms. The van der Waals surface area contributed by atoms with E-state index >= 15 is 0 Å². The lowest BCUT2D eigenvalue weighted by atomic mass is 10.1. The summed E-state index contributed by atoms with van der Waals surface area (Å²) in [5.41, 5.74) is 5.03. The summed E-state index contributed by atoms with van der Waals surface area (Å²) >= 11 is 1.55. The van der Waals surface area contributed by atoms with Crippen LogP contribution in [-0.2, 0) is 9.59 Å². The van der Waals surface area contributed by atoms with Gasteiger partial charge in [0, 0.05) is 13.6 Å². The van der Waals surface area contributed by atoms with Gasteiger partial charge < -0.3 is 21.1 Å². The minimum absolute atomic E-state index is 0.0877. The van der Waals surface area contributed by atoms with E-state index in [1.165, 1.54) is 18.9 Å². The van der Waals surface area contributed by atoms with Gasteiger partial charge in [0.1, 0.15) is 6.04 Å². The molecule has 110 valence electrons. The van der Waals surface area contributed by atoms with Crippen LogP contribution >= 0.6 is 11.8 Å². The molecule has 0 aromatic carbocycles. The molecule has 0 radical (unpaired) electrons. The molecule has 0 aliphatic carbocycles. The number of carbonyl (C=O) groups excluding carboxylic acids is 2. The Morgan fingerprint density at radius 1 is 1.42 bits per heavy atom. The molecule has 3 amide bonds. The van der Waals surface area contributed by atoms with Gasteiger partial charge in [0.15, 0.2) is 0 Å². The van der Waals surface area contributed by atoms with Crippen LogP contribution in [0.3, 0.4) is 0 Å². The molecule has 19 heavy (non-hydrogen) atoms. The summed E-state index contributed by atoms with van der Waals surface area (Å²) < 4.78 is 0. The number of carbonyl (C=O) groups is 3. The molecule has 7 nitrogen and oxygen atoms in total. The van der Waals surface area contributed by atoms with Crippen molar-refractivity contribution in [3.8, 4) is 0 Å². The van der Waals surface area contributed by atoms with Crippen LogP contribution in [0.25, 0.3) is 0 Å². The molecule has 0 aromatic rings. The van der Waals surface area contributed by atoms with Crippen molar-refractivity contribution in [3.63, 3.8) is 0 Å². The lowest BCUT2D eigenvalue weighted by Crippen LogP contribution is -2.50. The summed E-state index contributed by atoms with van der Waals surface area (Å²) in [5.74, 6) is -1.27. The Morgan fingerprint density at radius 3 is 2.42 bits per heavy atom. The molecule has 2 atom stereocenters. The fourth-order valence-electron chi connectivity index (χ4n) is 1.51. The van der Waals surface area contributed by atoms with E-state index in [4.69, 9.17) is 10.8 Å². The zero-order valence-electron chi connectivity index (χ0n) is 11.4. The molecule has 0 spiro atoms. The number of primary amides is 1. The van der Waals surface area contributed by atoms with Crippen LogP contribution in [0.5, 0.6) is 0 Å². The molecular weight excluding hydrogens is 270 g/mol. The number of hydrogen-bond acceptors (Lipinski definition) is 4. The van der Waals surface area contributed by atoms with Gasteiger partial charge in [-0.25, -0.2) is 4.79 Å². The first-order valence-corrected chi connectivity index (χ1v) is 7.21. The van der Waals surface area contributed by atoms with Crippen LogP contribution < -0.4 is 11.1 Å². The lowest BCUT2D eigenvalue weighted by Gasteiger charge is -2.25. The molecular formula is C11H21N3O4S. The highest BCUT2D eigenvalue weighted by atomic mass is 32.2. The Kier molecular flexibility index (Phi) is 7.97. The van der Waals surface area contributed by atoms with Gasteiger partial charge in [0.05, 0.1) is 5.92 Å². The normalized spacial score (nSPS) is 13.4. The number of likely N-dealkylation sites (N-methyl/N-ethyl adjacent to an activating group) is 1. The van der Waals surface area contributed by atoms with Crippen molar-refractivity contribution < 1.29 is 19.5 Å². The molecule has 0 aliphatic heterocycles. The van der Waals surface area contributed by atoms with Gasteiger partial charge in [-0.15, -0.1) is 0 Å². The number of nitrogens with two attached hydrogens (primary N) is 1. The molecule has 0 bridgehead atoms. The summed E-state index contributed by atoms with van der Waals surface area (Å²) in [6, 6.07) is -1.48. The second kappa shape index (κ2) is 8.63. The molecule has 0 aliphatic rings. The Bertz CT molecular complexity index is 338. The third-order valence-corrected chi connectivity index (χ3v) is 3.21. The van der Waals surface area contributed by atoms with Gasteiger partial charge in [-0.3, -0.25) is 9.59 Å². The number of nitrogens with zero attached hydrogens (tertiary/aromatic N) is 1. The second-order valence-corrected chi connectivity index (χ2v) is 5.29. The second-order valence-electron chi connectivity index (χ2n) is 4.30. The molecule has 0 heterocycles. The van der Waals surface area contributed by atoms with Crippen molar-refractivity contribution in [2.45, 2.75) is 19.4 Å². The van der Waals surface area contributed by atoms with E-state index in [0.29, 0.717) is 12.2 Å². The molecule has 2 unspecified atom stereocenters. The maximum absolute atomic E-state index is 12.1. The third kappa shape index (κ3) is 6.90. The number of urea groups is 1. The van der Waals surface area contributed by atoms with Crippen LogP contribution in [0.2, 0.25) is 0 Å². The Balaban J connectivity index is 4.58. The van der Waals surface area contributed by atoms with Crippen molar-refractivity contribution in [3.05, 3.63) is 0 Å². The smallest absolute Gasteiger partial charge is 0.312 e. The van der Waals surface area contributed by atoms with Crippen molar-refractivity contribution in [1.82, 2.24) is 10.2 Å². The van der Waals surface area contributed by atoms with E-state index in [-0.39, 0.29) is 12.5 Å². The molecule has 0 fully saturated rings. The molecule has 0 saturated carbocycles. The molecule has 0 aromatic heterocycles. The number of carboxylic acid groups (broad SMARTS) is 1. The highest BCUT2D eigenvalue weighted by Crippen LogP contribution is 2.06. The van der Waals surface area contributed by atoms with E-state index in [1.807, 2.05) is 6.26 Å². The lowest BCUT2D eigenvalue weighted by molar-refractivity contribution is -0.143. The predicted molar refractivity (Wildman–Crippen MR) is 73.9 cm³/mol. The third-order valence-electron chi connectivity index (χ3n) is 2.57. The summed E-state index contributed by atoms with van der Waals surface area (Å²) in [4.78, 5) is 35.0. The van der Waals surface area contributed by atoms with Gasteiger partial charge in [0.2, 0.25) is 5.91 Å². The van der Waals surface area contributed by atoms with Gasteiger partial charge >= 0.3 is 12.0 Å². The van der Waals surface area contributed by atoms with Gasteiger partial charge in [0.25, 0.3) is 0 Å². The number of nitrogens with one attached hydrogen (secondary N) is 1. The standard InChI is InChI=1S/C11H21N3O4S/c1-7(10(16)17)6-14(2)9(15)8(4-5-19-3)13-11(12)18/h7-8H,4-6H2,1-3H3,(H,16,17)(H3,12,13,18). The zero-order valence-corrected chi connectivity index (χ0v) is 12.2. The first kappa shape index (κ1) is 17.6. The first-order chi connectivity index (χ1) is 8.79. The summed E-state index contributed by atoms with van der Waals surface area (Å²) in [6.07, 6.45) is 2.34. The maximum atomic E-state index is 12.1. The summed E-state index contributed by atoms with van der Waals surface area (Å²) in [6.45, 7) is 1.61. The Morgan fingerprint density at radius 2 is 2.00 bits per heavy atom. The van der Waals surface area contributed by atoms with Gasteiger partial charge in [-0.05, 0) is 18.4 Å². The van der Waals surface area contributed by atoms with Crippen LogP contribution in [-0.4, -0.2) is 59.6 Å². The highest BCUT2D eigenvalue weighted by Gasteiger charge is 2.25. The first-order valence-electron chi connectivity index (χ1n) is 5.82. The minimum atomic E-state index is -0.969. The number of hydrogen-bond donors (Lipinski definition) is 3. The Hall–Kier alpha value is -1.44. The number of thioether (sulfide) groups is 1. The van der Waals surface area contributed by atoms with Gasteiger partial charge in [-0.1, -0.05) is 6.92 Å². The highest BCUT2D eigenvalue weighted by molar-refractivity contribution is 7.98. The van der Waals surface area contributed by atoms with E-state index in [9.17, 15) is 14.4 Å². The van der Waals surface area contributed by atoms with Gasteiger partial charge in [-0.2, -0.15) is 11.8 Å². The quantitative estimate of drug-likeness (QED) is 0.580. The van der Waals surface area contributed by atoms with Crippen LogP contribution in [0.15, 0.2) is 0 Å². The van der Waals surface area contributed by atoms with E-state index in [2.05, 4.69) is 5.32 Å². The zero-order chi connectivity index (χ0) is 15.0. The largest absolute Gasteiger partial charge is 0.481 e. The fourth-order valence-corrected chi connectivity index (χ4v) is 1.98. The average molecular weight is 291 g/mol. The van der Waals surface area contributed by atoms with Crippen molar-refractivity contribution in [2.24, 2.45) is 11.7 Å². The molecule has 0 rings (SSSR count). The van der Waals surface area contributed by atoms with E-state index < -0.39 is 24.0 Å². The van der Waals surface area contributed by atoms with E-state index in [0.717, 1.165) is 0 Å². The topological polar surface area (TPSA) is 113 Å². The number of aliphatic carboxylic acids is 1. The van der Waals surface area contributed by atoms with E-state index in [1.54, 1.807) is 11.8 Å². The molecule has 0 saturated heterocycles. The van der Waals surface area contributed by atoms with Crippen molar-refractivity contribution in [1.29, 1.82) is 0 Å². The summed E-state index contributed by atoms with van der Waals surface area (Å²) in [5, 5.41) is 11.2.